The number of rotatable bonds is 4. The smallest absolute Gasteiger partial charge is 0.319 e. The van der Waals surface area contributed by atoms with E-state index in [1.165, 1.54) is 26.0 Å². The molecule has 6 nitrogen and oxygen atoms in total. The van der Waals surface area contributed by atoms with E-state index in [1.807, 2.05) is 6.07 Å². The predicted octanol–water partition coefficient (Wildman–Crippen LogP) is 2.42. The maximum Gasteiger partial charge on any atom is 0.319 e. The quantitative estimate of drug-likeness (QED) is 0.509. The molecule has 0 heterocycles. The topological polar surface area (TPSA) is 104 Å². The van der Waals surface area contributed by atoms with E-state index in [0.717, 1.165) is 17.8 Å². The monoisotopic (exact) mass is 266 g/mol. The van der Waals surface area contributed by atoms with Gasteiger partial charge in [0.1, 0.15) is 10.8 Å². The van der Waals surface area contributed by atoms with Crippen molar-refractivity contribution in [3.63, 3.8) is 0 Å². The number of hydrogen-bond donors (Lipinski definition) is 1. The molecule has 0 bridgehead atoms. The van der Waals surface area contributed by atoms with Crippen molar-refractivity contribution < 1.29 is 14.8 Å². The number of carboxylic acids is 1. The van der Waals surface area contributed by atoms with E-state index in [4.69, 9.17) is 10.4 Å². The summed E-state index contributed by atoms with van der Waals surface area (Å²) < 4.78 is -1.11. The lowest BCUT2D eigenvalue weighted by Gasteiger charge is -2.18. The summed E-state index contributed by atoms with van der Waals surface area (Å²) >= 11 is 0.981. The fourth-order valence-corrected chi connectivity index (χ4v) is 2.11. The fourth-order valence-electron chi connectivity index (χ4n) is 1.13. The van der Waals surface area contributed by atoms with Crippen LogP contribution in [0, 0.1) is 21.4 Å². The van der Waals surface area contributed by atoms with Crippen LogP contribution in [0.4, 0.5) is 5.69 Å². The van der Waals surface area contributed by atoms with Crippen molar-refractivity contribution in [1.82, 2.24) is 0 Å². The normalized spacial score (nSPS) is 10.7. The lowest BCUT2D eigenvalue weighted by Crippen LogP contribution is -2.27. The number of nitro benzene ring substituents is 1. The lowest BCUT2D eigenvalue weighted by atomic mass is 10.2. The molecular formula is C11H10N2O4S. The number of nitrogens with zero attached hydrogens (tertiary/aromatic N) is 2. The van der Waals surface area contributed by atoms with Crippen molar-refractivity contribution in [2.75, 3.05) is 0 Å². The minimum Gasteiger partial charge on any atom is -0.480 e. The Morgan fingerprint density at radius 1 is 1.56 bits per heavy atom. The van der Waals surface area contributed by atoms with Crippen LogP contribution < -0.4 is 0 Å². The van der Waals surface area contributed by atoms with Gasteiger partial charge in [-0.1, -0.05) is 0 Å². The first-order valence-electron chi connectivity index (χ1n) is 4.89. The molecule has 0 atom stereocenters. The van der Waals surface area contributed by atoms with Crippen molar-refractivity contribution in [3.8, 4) is 6.07 Å². The molecule has 1 N–H and O–H groups in total. The number of benzene rings is 1. The largest absolute Gasteiger partial charge is 0.480 e. The Hall–Kier alpha value is -2.07. The van der Waals surface area contributed by atoms with Gasteiger partial charge in [-0.2, -0.15) is 5.26 Å². The second-order valence-corrected chi connectivity index (χ2v) is 5.63. The van der Waals surface area contributed by atoms with E-state index in [1.54, 1.807) is 0 Å². The number of thioether (sulfide) groups is 1. The zero-order valence-electron chi connectivity index (χ0n) is 9.71. The molecule has 0 aromatic heterocycles. The Kier molecular flexibility index (Phi) is 3.93. The molecule has 0 saturated heterocycles. The van der Waals surface area contributed by atoms with Gasteiger partial charge in [-0.15, -0.1) is 11.8 Å². The number of nitriles is 1. The standard InChI is InChI=1S/C11H10N2O4S/c1-11(2,10(14)15)18-9-4-3-8(13(16)17)5-7(9)6-12/h3-5H,1-2H3,(H,14,15). The SMILES string of the molecule is CC(C)(Sc1ccc([N+](=O)[O-])cc1C#N)C(=O)O. The van der Waals surface area contributed by atoms with Gasteiger partial charge in [-0.25, -0.2) is 0 Å². The molecule has 0 amide bonds. The minimum atomic E-state index is -1.11. The van der Waals surface area contributed by atoms with Crippen molar-refractivity contribution >= 4 is 23.4 Å². The van der Waals surface area contributed by atoms with Crippen molar-refractivity contribution in [2.24, 2.45) is 0 Å². The van der Waals surface area contributed by atoms with Gasteiger partial charge >= 0.3 is 5.97 Å². The molecule has 94 valence electrons. The maximum absolute atomic E-state index is 11.0. The van der Waals surface area contributed by atoms with E-state index in [0.29, 0.717) is 4.90 Å². The Balaban J connectivity index is 3.16. The van der Waals surface area contributed by atoms with Crippen LogP contribution in [0.2, 0.25) is 0 Å². The van der Waals surface area contributed by atoms with Crippen LogP contribution in [0.15, 0.2) is 23.1 Å². The summed E-state index contributed by atoms with van der Waals surface area (Å²) in [6.45, 7) is 3.01. The average molecular weight is 266 g/mol. The van der Waals surface area contributed by atoms with Gasteiger partial charge in [0, 0.05) is 17.0 Å². The van der Waals surface area contributed by atoms with E-state index in [9.17, 15) is 14.9 Å². The van der Waals surface area contributed by atoms with Crippen LogP contribution >= 0.6 is 11.8 Å². The van der Waals surface area contributed by atoms with E-state index >= 15 is 0 Å². The molecule has 0 fully saturated rings. The highest BCUT2D eigenvalue weighted by Crippen LogP contribution is 2.35. The molecule has 1 rings (SSSR count). The van der Waals surface area contributed by atoms with Gasteiger partial charge in [-0.05, 0) is 19.9 Å². The first-order chi connectivity index (χ1) is 8.27. The molecule has 0 radical (unpaired) electrons. The second-order valence-electron chi connectivity index (χ2n) is 3.97. The summed E-state index contributed by atoms with van der Waals surface area (Å²) in [5.74, 6) is -1.02. The molecule has 7 heteroatoms. The van der Waals surface area contributed by atoms with Crippen LogP contribution in [0.25, 0.3) is 0 Å². The predicted molar refractivity (Wildman–Crippen MR) is 65.4 cm³/mol. The maximum atomic E-state index is 11.0. The molecule has 18 heavy (non-hydrogen) atoms. The molecule has 0 aliphatic rings. The van der Waals surface area contributed by atoms with Gasteiger partial charge < -0.3 is 5.11 Å². The van der Waals surface area contributed by atoms with E-state index < -0.39 is 15.6 Å². The Morgan fingerprint density at radius 2 is 2.17 bits per heavy atom. The van der Waals surface area contributed by atoms with Gasteiger partial charge in [0.15, 0.2) is 0 Å². The molecule has 0 aliphatic heterocycles. The summed E-state index contributed by atoms with van der Waals surface area (Å²) in [5, 5.41) is 28.5. The lowest BCUT2D eigenvalue weighted by molar-refractivity contribution is -0.384. The summed E-state index contributed by atoms with van der Waals surface area (Å²) in [6, 6.07) is 5.62. The van der Waals surface area contributed by atoms with Gasteiger partial charge in [0.25, 0.3) is 5.69 Å². The minimum absolute atomic E-state index is 0.100. The molecule has 1 aromatic rings. The number of non-ortho nitro benzene ring substituents is 1. The van der Waals surface area contributed by atoms with Crippen molar-refractivity contribution in [1.29, 1.82) is 5.26 Å². The van der Waals surface area contributed by atoms with Crippen LogP contribution in [-0.4, -0.2) is 20.7 Å². The first kappa shape index (κ1) is 14.0. The first-order valence-corrected chi connectivity index (χ1v) is 5.70. The molecule has 0 saturated carbocycles. The van der Waals surface area contributed by atoms with Crippen LogP contribution in [-0.2, 0) is 4.79 Å². The number of carbonyl (C=O) groups is 1. The summed E-state index contributed by atoms with van der Waals surface area (Å²) in [4.78, 5) is 21.4. The summed E-state index contributed by atoms with van der Waals surface area (Å²) in [5.41, 5.74) is -0.0902. The van der Waals surface area contributed by atoms with Gasteiger partial charge in [0.2, 0.25) is 0 Å². The zero-order valence-corrected chi connectivity index (χ0v) is 10.5. The van der Waals surface area contributed by atoms with Crippen molar-refractivity contribution in [3.05, 3.63) is 33.9 Å². The van der Waals surface area contributed by atoms with Crippen molar-refractivity contribution in [2.45, 2.75) is 23.5 Å². The highest BCUT2D eigenvalue weighted by atomic mass is 32.2. The molecular weight excluding hydrogens is 256 g/mol. The zero-order chi connectivity index (χ0) is 13.9. The fraction of sp³-hybridized carbons (Fsp3) is 0.273. The Bertz CT molecular complexity index is 548. The highest BCUT2D eigenvalue weighted by Gasteiger charge is 2.29. The third kappa shape index (κ3) is 2.99. The molecule has 0 unspecified atom stereocenters. The van der Waals surface area contributed by atoms with Crippen LogP contribution in [0.3, 0.4) is 0 Å². The Labute approximate surface area is 107 Å². The Morgan fingerprint density at radius 3 is 2.61 bits per heavy atom. The summed E-state index contributed by atoms with van der Waals surface area (Å²) in [6.07, 6.45) is 0. The van der Waals surface area contributed by atoms with Crippen LogP contribution in [0.1, 0.15) is 19.4 Å². The number of nitro groups is 1. The third-order valence-corrected chi connectivity index (χ3v) is 3.44. The molecule has 0 aliphatic carbocycles. The average Bonchev–Trinajstić information content (AvgIpc) is 2.28. The number of hydrogen-bond acceptors (Lipinski definition) is 5. The summed E-state index contributed by atoms with van der Waals surface area (Å²) in [7, 11) is 0. The second kappa shape index (κ2) is 5.06. The van der Waals surface area contributed by atoms with E-state index in [2.05, 4.69) is 0 Å². The van der Waals surface area contributed by atoms with Gasteiger partial charge in [-0.3, -0.25) is 14.9 Å². The van der Waals surface area contributed by atoms with Crippen LogP contribution in [0.5, 0.6) is 0 Å². The van der Waals surface area contributed by atoms with Gasteiger partial charge in [0.05, 0.1) is 10.5 Å². The number of carboxylic acid groups (broad SMARTS) is 1. The van der Waals surface area contributed by atoms with E-state index in [-0.39, 0.29) is 11.3 Å². The third-order valence-electron chi connectivity index (χ3n) is 2.17. The molecule has 0 spiro atoms. The highest BCUT2D eigenvalue weighted by molar-refractivity contribution is 8.01. The number of aliphatic carboxylic acids is 1. The molecule has 1 aromatic carbocycles.